The number of hydrogen-bond acceptors (Lipinski definition) is 3. The van der Waals surface area contributed by atoms with E-state index in [0.717, 1.165) is 5.56 Å². The van der Waals surface area contributed by atoms with Crippen molar-refractivity contribution in [2.75, 3.05) is 10.8 Å². The number of sulfonamides is 1. The number of para-hydroxylation sites is 1. The van der Waals surface area contributed by atoms with E-state index in [-0.39, 0.29) is 11.3 Å². The van der Waals surface area contributed by atoms with E-state index in [0.29, 0.717) is 12.2 Å². The van der Waals surface area contributed by atoms with Crippen molar-refractivity contribution in [3.05, 3.63) is 60.2 Å². The molecule has 0 aromatic heterocycles. The highest BCUT2D eigenvalue weighted by atomic mass is 32.2. The molecule has 0 atom stereocenters. The minimum atomic E-state index is -3.59. The summed E-state index contributed by atoms with van der Waals surface area (Å²) in [6, 6.07) is 17.5. The number of rotatable bonds is 5. The summed E-state index contributed by atoms with van der Waals surface area (Å²) in [5.74, 6) is 0. The predicted octanol–water partition coefficient (Wildman–Crippen LogP) is 2.97. The zero-order valence-corrected chi connectivity index (χ0v) is 12.5. The van der Waals surface area contributed by atoms with Gasteiger partial charge in [-0.05, 0) is 36.8 Å². The van der Waals surface area contributed by atoms with Crippen molar-refractivity contribution in [3.63, 3.8) is 0 Å². The maximum Gasteiger partial charge on any atom is 0.264 e. The summed E-state index contributed by atoms with van der Waals surface area (Å²) in [4.78, 5) is 0.231. The van der Waals surface area contributed by atoms with Crippen LogP contribution in [0.2, 0.25) is 0 Å². The maximum absolute atomic E-state index is 12.7. The third kappa shape index (κ3) is 3.23. The second-order valence-electron chi connectivity index (χ2n) is 4.48. The van der Waals surface area contributed by atoms with Gasteiger partial charge in [-0.2, -0.15) is 5.26 Å². The topological polar surface area (TPSA) is 61.2 Å². The van der Waals surface area contributed by atoms with Crippen LogP contribution < -0.4 is 4.31 Å². The second kappa shape index (κ2) is 6.42. The number of benzene rings is 2. The van der Waals surface area contributed by atoms with Crippen molar-refractivity contribution in [1.82, 2.24) is 0 Å². The number of anilines is 1. The molecule has 0 saturated carbocycles. The molecule has 0 bridgehead atoms. The number of nitrogens with zero attached hydrogens (tertiary/aromatic N) is 2. The summed E-state index contributed by atoms with van der Waals surface area (Å²) in [7, 11) is -3.59. The van der Waals surface area contributed by atoms with Crippen LogP contribution in [0.1, 0.15) is 12.5 Å². The summed E-state index contributed by atoms with van der Waals surface area (Å²) >= 11 is 0. The molecular weight excluding hydrogens is 284 g/mol. The smallest absolute Gasteiger partial charge is 0.264 e. The van der Waals surface area contributed by atoms with Crippen LogP contribution in [0.15, 0.2) is 59.5 Å². The monoisotopic (exact) mass is 300 g/mol. The third-order valence-electron chi connectivity index (χ3n) is 3.13. The summed E-state index contributed by atoms with van der Waals surface area (Å²) in [5.41, 5.74) is 1.44. The second-order valence-corrected chi connectivity index (χ2v) is 6.35. The molecule has 0 aliphatic heterocycles. The van der Waals surface area contributed by atoms with Crippen molar-refractivity contribution in [3.8, 4) is 6.07 Å². The van der Waals surface area contributed by atoms with Crippen LogP contribution in [0.25, 0.3) is 0 Å². The Balaban J connectivity index is 2.38. The van der Waals surface area contributed by atoms with E-state index in [1.165, 1.54) is 4.31 Å². The van der Waals surface area contributed by atoms with E-state index >= 15 is 0 Å². The van der Waals surface area contributed by atoms with E-state index in [1.807, 2.05) is 24.3 Å². The summed E-state index contributed by atoms with van der Waals surface area (Å²) in [6.07, 6.45) is 0.274. The minimum absolute atomic E-state index is 0.231. The molecular formula is C16H16N2O2S. The molecule has 108 valence electrons. The largest absolute Gasteiger partial charge is 0.267 e. The van der Waals surface area contributed by atoms with Crippen molar-refractivity contribution < 1.29 is 8.42 Å². The van der Waals surface area contributed by atoms with Gasteiger partial charge in [-0.1, -0.05) is 30.3 Å². The Hall–Kier alpha value is -2.32. The highest BCUT2D eigenvalue weighted by Crippen LogP contribution is 2.23. The summed E-state index contributed by atoms with van der Waals surface area (Å²) in [6.45, 7) is 2.15. The zero-order valence-electron chi connectivity index (χ0n) is 11.7. The Morgan fingerprint density at radius 3 is 2.19 bits per heavy atom. The SMILES string of the molecule is CCN(c1ccccc1)S(=O)(=O)c1ccc(CC#N)cc1. The van der Waals surface area contributed by atoms with E-state index in [9.17, 15) is 8.42 Å². The lowest BCUT2D eigenvalue weighted by atomic mass is 10.2. The van der Waals surface area contributed by atoms with Crippen LogP contribution in [-0.2, 0) is 16.4 Å². The van der Waals surface area contributed by atoms with Gasteiger partial charge in [-0.25, -0.2) is 8.42 Å². The Morgan fingerprint density at radius 2 is 1.67 bits per heavy atom. The molecule has 0 radical (unpaired) electrons. The molecule has 0 aliphatic rings. The molecule has 0 aliphatic carbocycles. The minimum Gasteiger partial charge on any atom is -0.267 e. The van der Waals surface area contributed by atoms with Crippen LogP contribution in [-0.4, -0.2) is 15.0 Å². The van der Waals surface area contributed by atoms with Gasteiger partial charge in [0.05, 0.1) is 23.1 Å². The molecule has 2 rings (SSSR count). The molecule has 2 aromatic carbocycles. The Morgan fingerprint density at radius 1 is 1.05 bits per heavy atom. The van der Waals surface area contributed by atoms with Crippen LogP contribution >= 0.6 is 0 Å². The lowest BCUT2D eigenvalue weighted by Crippen LogP contribution is -2.30. The van der Waals surface area contributed by atoms with Gasteiger partial charge < -0.3 is 0 Å². The average Bonchev–Trinajstić information content (AvgIpc) is 2.50. The third-order valence-corrected chi connectivity index (χ3v) is 5.04. The van der Waals surface area contributed by atoms with Gasteiger partial charge >= 0.3 is 0 Å². The molecule has 0 amide bonds. The van der Waals surface area contributed by atoms with Gasteiger partial charge in [0.1, 0.15) is 0 Å². The highest BCUT2D eigenvalue weighted by molar-refractivity contribution is 7.92. The standard InChI is InChI=1S/C16H16N2O2S/c1-2-18(15-6-4-3-5-7-15)21(19,20)16-10-8-14(9-11-16)12-13-17/h3-11H,2,12H2,1H3. The summed E-state index contributed by atoms with van der Waals surface area (Å²) in [5, 5.41) is 8.65. The fourth-order valence-electron chi connectivity index (χ4n) is 2.08. The van der Waals surface area contributed by atoms with Crippen molar-refractivity contribution >= 4 is 15.7 Å². The molecule has 0 spiro atoms. The fourth-order valence-corrected chi connectivity index (χ4v) is 3.56. The van der Waals surface area contributed by atoms with E-state index in [4.69, 9.17) is 5.26 Å². The maximum atomic E-state index is 12.7. The van der Waals surface area contributed by atoms with Gasteiger partial charge in [0.2, 0.25) is 0 Å². The highest BCUT2D eigenvalue weighted by Gasteiger charge is 2.23. The number of hydrogen-bond donors (Lipinski definition) is 0. The Labute approximate surface area is 125 Å². The molecule has 4 nitrogen and oxygen atoms in total. The fraction of sp³-hybridized carbons (Fsp3) is 0.188. The van der Waals surface area contributed by atoms with Gasteiger partial charge in [0.15, 0.2) is 0 Å². The summed E-state index contributed by atoms with van der Waals surface area (Å²) < 4.78 is 26.8. The quantitative estimate of drug-likeness (QED) is 0.853. The number of nitriles is 1. The molecule has 0 saturated heterocycles. The molecule has 0 N–H and O–H groups in total. The molecule has 0 heterocycles. The van der Waals surface area contributed by atoms with Gasteiger partial charge in [-0.3, -0.25) is 4.31 Å². The molecule has 0 unspecified atom stereocenters. The van der Waals surface area contributed by atoms with Crippen LogP contribution in [0.5, 0.6) is 0 Å². The normalized spacial score (nSPS) is 10.9. The first-order valence-corrected chi connectivity index (χ1v) is 8.07. The van der Waals surface area contributed by atoms with E-state index in [1.54, 1.807) is 43.3 Å². The average molecular weight is 300 g/mol. The molecule has 21 heavy (non-hydrogen) atoms. The van der Waals surface area contributed by atoms with Crippen LogP contribution in [0, 0.1) is 11.3 Å². The lowest BCUT2D eigenvalue weighted by Gasteiger charge is -2.22. The lowest BCUT2D eigenvalue weighted by molar-refractivity contribution is 0.592. The van der Waals surface area contributed by atoms with Crippen LogP contribution in [0.4, 0.5) is 5.69 Å². The Bertz CT molecular complexity index is 732. The van der Waals surface area contributed by atoms with Gasteiger partial charge in [-0.15, -0.1) is 0 Å². The Kier molecular flexibility index (Phi) is 4.61. The first-order valence-electron chi connectivity index (χ1n) is 6.63. The first-order chi connectivity index (χ1) is 10.1. The van der Waals surface area contributed by atoms with Crippen LogP contribution in [0.3, 0.4) is 0 Å². The molecule has 0 fully saturated rings. The van der Waals surface area contributed by atoms with E-state index in [2.05, 4.69) is 0 Å². The molecule has 5 heteroatoms. The van der Waals surface area contributed by atoms with Crippen molar-refractivity contribution in [1.29, 1.82) is 5.26 Å². The predicted molar refractivity (Wildman–Crippen MR) is 82.4 cm³/mol. The van der Waals surface area contributed by atoms with E-state index < -0.39 is 10.0 Å². The van der Waals surface area contributed by atoms with Crippen molar-refractivity contribution in [2.45, 2.75) is 18.2 Å². The molecule has 2 aromatic rings. The zero-order chi connectivity index (χ0) is 15.3. The van der Waals surface area contributed by atoms with Crippen molar-refractivity contribution in [2.24, 2.45) is 0 Å². The first kappa shape index (κ1) is 15.1. The van der Waals surface area contributed by atoms with Gasteiger partial charge in [0, 0.05) is 6.54 Å². The van der Waals surface area contributed by atoms with Gasteiger partial charge in [0.25, 0.3) is 10.0 Å².